The third-order valence-electron chi connectivity index (χ3n) is 5.57. The molecule has 0 spiro atoms. The number of rotatable bonds is 5. The average Bonchev–Trinajstić information content (AvgIpc) is 3.21. The molecule has 1 N–H and O–H groups in total. The van der Waals surface area contributed by atoms with Gasteiger partial charge in [-0.3, -0.25) is 4.79 Å². The lowest BCUT2D eigenvalue weighted by Gasteiger charge is -2.34. The summed E-state index contributed by atoms with van der Waals surface area (Å²) in [5.41, 5.74) is 1.66. The van der Waals surface area contributed by atoms with Gasteiger partial charge in [0.25, 0.3) is 5.91 Å². The summed E-state index contributed by atoms with van der Waals surface area (Å²) in [6.07, 6.45) is -3.56. The summed E-state index contributed by atoms with van der Waals surface area (Å²) in [7, 11) is 3.11. The number of carbonyl (C=O) groups is 1. The molecule has 2 heterocycles. The van der Waals surface area contributed by atoms with Gasteiger partial charge in [-0.2, -0.15) is 18.3 Å². The Labute approximate surface area is 183 Å². The number of anilines is 1. The molecule has 0 fully saturated rings. The number of hydrogen-bond donors (Lipinski definition) is 1. The highest BCUT2D eigenvalue weighted by Gasteiger charge is 2.47. The molecule has 0 saturated carbocycles. The zero-order valence-corrected chi connectivity index (χ0v) is 17.6. The minimum Gasteiger partial charge on any atom is -0.497 e. The number of ether oxygens (including phenoxy) is 1. The zero-order chi connectivity index (χ0) is 22.9. The van der Waals surface area contributed by atoms with Crippen LogP contribution in [0.5, 0.6) is 5.75 Å². The van der Waals surface area contributed by atoms with Crippen LogP contribution in [0.3, 0.4) is 0 Å². The second-order valence-corrected chi connectivity index (χ2v) is 7.76. The van der Waals surface area contributed by atoms with Gasteiger partial charge in [0.2, 0.25) is 0 Å². The molecule has 1 amide bonds. The van der Waals surface area contributed by atoms with E-state index in [-0.39, 0.29) is 17.8 Å². The summed E-state index contributed by atoms with van der Waals surface area (Å²) in [6.45, 7) is 0.326. The maximum Gasteiger partial charge on any atom is 0.410 e. The number of carbonyl (C=O) groups excluding carboxylic acids is 1. The van der Waals surface area contributed by atoms with Crippen LogP contribution in [0.15, 0.2) is 60.8 Å². The summed E-state index contributed by atoms with van der Waals surface area (Å²) in [5.74, 6) is 0.206. The minimum absolute atomic E-state index is 0.0660. The van der Waals surface area contributed by atoms with Crippen molar-refractivity contribution in [1.29, 1.82) is 0 Å². The molecule has 9 heteroatoms. The molecule has 1 aliphatic heterocycles. The number of hydrogen-bond acceptors (Lipinski definition) is 4. The number of benzene rings is 2. The lowest BCUT2D eigenvalue weighted by atomic mass is 9.96. The van der Waals surface area contributed by atoms with Crippen molar-refractivity contribution < 1.29 is 22.7 Å². The molecule has 3 aromatic rings. The van der Waals surface area contributed by atoms with E-state index in [1.165, 1.54) is 18.2 Å². The van der Waals surface area contributed by atoms with E-state index in [0.717, 1.165) is 10.2 Å². The molecule has 0 saturated heterocycles. The maximum atomic E-state index is 13.9. The molecule has 0 radical (unpaired) electrons. The summed E-state index contributed by atoms with van der Waals surface area (Å²) >= 11 is 0. The summed E-state index contributed by atoms with van der Waals surface area (Å²) in [5, 5.41) is 7.05. The molecule has 0 bridgehead atoms. The van der Waals surface area contributed by atoms with Crippen LogP contribution in [0.25, 0.3) is 0 Å². The van der Waals surface area contributed by atoms with Crippen LogP contribution in [0.1, 0.15) is 40.0 Å². The second kappa shape index (κ2) is 8.57. The molecule has 4 rings (SSSR count). The molecular formula is C23H23F3N4O2. The van der Waals surface area contributed by atoms with Crippen molar-refractivity contribution in [3.63, 3.8) is 0 Å². The molecular weight excluding hydrogens is 421 g/mol. The zero-order valence-electron chi connectivity index (χ0n) is 17.6. The van der Waals surface area contributed by atoms with Gasteiger partial charge in [0.1, 0.15) is 17.1 Å². The van der Waals surface area contributed by atoms with Crippen molar-refractivity contribution in [3.8, 4) is 5.75 Å². The van der Waals surface area contributed by atoms with Gasteiger partial charge >= 0.3 is 6.18 Å². The minimum atomic E-state index is -4.52. The predicted octanol–water partition coefficient (Wildman–Crippen LogP) is 4.82. The Morgan fingerprint density at radius 1 is 1.22 bits per heavy atom. The SMILES string of the molecule is COc1cccc(C2CC(C(F)(F)F)n3ncc(C(=O)N(C)Cc4ccccc4)c3N2)c1. The van der Waals surface area contributed by atoms with Gasteiger partial charge < -0.3 is 15.0 Å². The van der Waals surface area contributed by atoms with E-state index in [4.69, 9.17) is 4.74 Å². The van der Waals surface area contributed by atoms with E-state index < -0.39 is 24.2 Å². The van der Waals surface area contributed by atoms with Crippen molar-refractivity contribution in [2.75, 3.05) is 19.5 Å². The van der Waals surface area contributed by atoms with Gasteiger partial charge in [-0.1, -0.05) is 42.5 Å². The Morgan fingerprint density at radius 2 is 1.97 bits per heavy atom. The van der Waals surface area contributed by atoms with Crippen molar-refractivity contribution in [1.82, 2.24) is 14.7 Å². The predicted molar refractivity (Wildman–Crippen MR) is 114 cm³/mol. The fraction of sp³-hybridized carbons (Fsp3) is 0.304. The molecule has 2 atom stereocenters. The monoisotopic (exact) mass is 444 g/mol. The second-order valence-electron chi connectivity index (χ2n) is 7.76. The quantitative estimate of drug-likeness (QED) is 0.613. The van der Waals surface area contributed by atoms with Gasteiger partial charge in [0.05, 0.1) is 19.3 Å². The van der Waals surface area contributed by atoms with Gasteiger partial charge in [-0.05, 0) is 23.3 Å². The third kappa shape index (κ3) is 4.28. The molecule has 2 aromatic carbocycles. The van der Waals surface area contributed by atoms with Crippen molar-refractivity contribution in [2.45, 2.75) is 31.2 Å². The highest BCUT2D eigenvalue weighted by Crippen LogP contribution is 2.44. The van der Waals surface area contributed by atoms with E-state index in [0.29, 0.717) is 17.9 Å². The fourth-order valence-electron chi connectivity index (χ4n) is 3.93. The van der Waals surface area contributed by atoms with Crippen LogP contribution in [0.4, 0.5) is 19.0 Å². The lowest BCUT2D eigenvalue weighted by Crippen LogP contribution is -2.36. The number of nitrogens with one attached hydrogen (secondary N) is 1. The smallest absolute Gasteiger partial charge is 0.410 e. The summed E-state index contributed by atoms with van der Waals surface area (Å²) in [6, 6.07) is 13.7. The first-order valence-corrected chi connectivity index (χ1v) is 10.1. The van der Waals surface area contributed by atoms with Gasteiger partial charge in [0.15, 0.2) is 6.04 Å². The molecule has 0 aliphatic carbocycles. The Kier molecular flexibility index (Phi) is 5.82. The fourth-order valence-corrected chi connectivity index (χ4v) is 3.93. The summed E-state index contributed by atoms with van der Waals surface area (Å²) in [4.78, 5) is 14.6. The molecule has 2 unspecified atom stereocenters. The molecule has 168 valence electrons. The van der Waals surface area contributed by atoms with Crippen molar-refractivity contribution >= 4 is 11.7 Å². The maximum absolute atomic E-state index is 13.9. The number of amides is 1. The highest BCUT2D eigenvalue weighted by molar-refractivity contribution is 5.98. The van der Waals surface area contributed by atoms with Crippen molar-refractivity contribution in [3.05, 3.63) is 77.5 Å². The van der Waals surface area contributed by atoms with Crippen LogP contribution in [0.2, 0.25) is 0 Å². The highest BCUT2D eigenvalue weighted by atomic mass is 19.4. The van der Waals surface area contributed by atoms with Crippen molar-refractivity contribution in [2.24, 2.45) is 0 Å². The van der Waals surface area contributed by atoms with Gasteiger partial charge in [-0.25, -0.2) is 4.68 Å². The van der Waals surface area contributed by atoms with E-state index >= 15 is 0 Å². The van der Waals surface area contributed by atoms with Crippen LogP contribution in [-0.2, 0) is 6.54 Å². The first kappa shape index (κ1) is 21.7. The van der Waals surface area contributed by atoms with Crippen LogP contribution >= 0.6 is 0 Å². The number of nitrogens with zero attached hydrogens (tertiary/aromatic N) is 3. The first-order valence-electron chi connectivity index (χ1n) is 10.1. The molecule has 1 aromatic heterocycles. The number of alkyl halides is 3. The number of halogens is 3. The lowest BCUT2D eigenvalue weighted by molar-refractivity contribution is -0.173. The summed E-state index contributed by atoms with van der Waals surface area (Å²) < 4.78 is 47.8. The third-order valence-corrected chi connectivity index (χ3v) is 5.57. The van der Waals surface area contributed by atoms with Crippen LogP contribution in [0, 0.1) is 0 Å². The first-order chi connectivity index (χ1) is 15.3. The van der Waals surface area contributed by atoms with E-state index in [2.05, 4.69) is 10.4 Å². The number of methoxy groups -OCH3 is 1. The Morgan fingerprint density at radius 3 is 2.66 bits per heavy atom. The van der Waals surface area contributed by atoms with E-state index in [9.17, 15) is 18.0 Å². The largest absolute Gasteiger partial charge is 0.497 e. The Balaban J connectivity index is 1.67. The van der Waals surface area contributed by atoms with E-state index in [1.54, 1.807) is 31.3 Å². The Hall–Kier alpha value is -3.49. The molecule has 1 aliphatic rings. The standard InChI is InChI=1S/C23H23F3N4O2/c1-29(14-15-7-4-3-5-8-15)22(31)18-13-27-30-20(23(24,25)26)12-19(28-21(18)30)16-9-6-10-17(11-16)32-2/h3-11,13,19-20,28H,12,14H2,1-2H3. The van der Waals surface area contributed by atoms with Gasteiger partial charge in [-0.15, -0.1) is 0 Å². The number of aromatic nitrogens is 2. The Bertz CT molecular complexity index is 1100. The average molecular weight is 444 g/mol. The van der Waals surface area contributed by atoms with E-state index in [1.807, 2.05) is 30.3 Å². The molecule has 6 nitrogen and oxygen atoms in total. The van der Waals surface area contributed by atoms with Crippen LogP contribution in [-0.4, -0.2) is 40.9 Å². The van der Waals surface area contributed by atoms with Crippen LogP contribution < -0.4 is 10.1 Å². The number of fused-ring (bicyclic) bond motifs is 1. The normalized spacial score (nSPS) is 17.9. The topological polar surface area (TPSA) is 59.4 Å². The van der Waals surface area contributed by atoms with Gasteiger partial charge in [0, 0.05) is 20.0 Å². The molecule has 32 heavy (non-hydrogen) atoms.